The molecule has 2 fully saturated rings. The van der Waals surface area contributed by atoms with E-state index in [-0.39, 0.29) is 22.2 Å². The van der Waals surface area contributed by atoms with Gasteiger partial charge >= 0.3 is 10.8 Å². The van der Waals surface area contributed by atoms with E-state index in [2.05, 4.69) is 0 Å². The summed E-state index contributed by atoms with van der Waals surface area (Å²) in [6.07, 6.45) is -2.53. The molecular formula is C18H20ClN3O6S4. The van der Waals surface area contributed by atoms with Crippen molar-refractivity contribution in [2.24, 2.45) is 0 Å². The predicted octanol–water partition coefficient (Wildman–Crippen LogP) is 2.61. The van der Waals surface area contributed by atoms with Gasteiger partial charge < -0.3 is 29.8 Å². The number of hydrogen-bond acceptors (Lipinski definition) is 11. The van der Waals surface area contributed by atoms with Crippen LogP contribution in [0.15, 0.2) is 6.07 Å². The molecule has 0 aliphatic carbocycles. The van der Waals surface area contributed by atoms with Crippen LogP contribution in [0, 0.1) is 5.21 Å². The molecule has 5 heterocycles. The number of fused-ring (bicyclic) bond motifs is 6. The number of aliphatic hydroxyl groups is 2. The zero-order chi connectivity index (χ0) is 23.4. The molecule has 2 N–H and O–H groups in total. The first-order valence-corrected chi connectivity index (χ1v) is 14.7. The number of rotatable bonds is 2. The Labute approximate surface area is 204 Å². The Hall–Kier alpha value is -0.830. The van der Waals surface area contributed by atoms with E-state index in [9.17, 15) is 20.2 Å². The third kappa shape index (κ3) is 2.31. The number of amides is 1. The summed E-state index contributed by atoms with van der Waals surface area (Å²) in [7, 11) is 9.62. The SMILES string of the molecule is COc1c(Cl)cc2c(c1OC)N(C)[C@@H]1N3C(=O)[C@@]4(C)SSSSC3(C(C)=[N+]4[O-])[C@H](O)[C@]21O. The predicted molar refractivity (Wildman–Crippen MR) is 129 cm³/mol. The molecule has 1 aromatic rings. The molecule has 1 aromatic carbocycles. The van der Waals surface area contributed by atoms with Gasteiger partial charge in [0.25, 0.3) is 0 Å². The largest absolute Gasteiger partial charge is 0.622 e. The van der Waals surface area contributed by atoms with Crippen LogP contribution in [-0.4, -0.2) is 74.7 Å². The lowest BCUT2D eigenvalue weighted by Gasteiger charge is -2.49. The molecule has 1 amide bonds. The van der Waals surface area contributed by atoms with Crippen molar-refractivity contribution < 1.29 is 29.2 Å². The van der Waals surface area contributed by atoms with Crippen molar-refractivity contribution in [1.29, 1.82) is 0 Å². The number of nitrogens with zero attached hydrogens (tertiary/aromatic N) is 3. The van der Waals surface area contributed by atoms with Crippen molar-refractivity contribution >= 4 is 70.1 Å². The van der Waals surface area contributed by atoms with E-state index in [4.69, 9.17) is 21.1 Å². The number of aliphatic hydroxyl groups excluding tert-OH is 1. The molecule has 5 aliphatic heterocycles. The van der Waals surface area contributed by atoms with E-state index in [1.54, 1.807) is 25.8 Å². The lowest BCUT2D eigenvalue weighted by atomic mass is 9.86. The van der Waals surface area contributed by atoms with Gasteiger partial charge in [-0.15, -0.1) is 0 Å². The molecule has 14 heteroatoms. The highest BCUT2D eigenvalue weighted by Crippen LogP contribution is 2.69. The van der Waals surface area contributed by atoms with Crippen molar-refractivity contribution in [3.63, 3.8) is 0 Å². The van der Waals surface area contributed by atoms with Crippen LogP contribution in [0.25, 0.3) is 0 Å². The molecule has 6 rings (SSSR count). The maximum Gasteiger partial charge on any atom is 0.310 e. The molecule has 5 atom stereocenters. The fraction of sp³-hybridized carbons (Fsp3) is 0.556. The fourth-order valence-corrected chi connectivity index (χ4v) is 13.2. The number of benzene rings is 1. The van der Waals surface area contributed by atoms with Crippen LogP contribution in [-0.2, 0) is 10.4 Å². The molecular weight excluding hydrogens is 518 g/mol. The van der Waals surface area contributed by atoms with Crippen LogP contribution in [0.5, 0.6) is 11.5 Å². The van der Waals surface area contributed by atoms with Gasteiger partial charge in [0.1, 0.15) is 12.3 Å². The highest BCUT2D eigenvalue weighted by Gasteiger charge is 2.80. The zero-order valence-corrected chi connectivity index (χ0v) is 21.6. The average Bonchev–Trinajstić information content (AvgIpc) is 3.10. The number of methoxy groups -OCH3 is 2. The van der Waals surface area contributed by atoms with Gasteiger partial charge in [-0.3, -0.25) is 9.69 Å². The van der Waals surface area contributed by atoms with Gasteiger partial charge in [-0.2, -0.15) is 4.74 Å². The molecule has 5 aliphatic rings. The summed E-state index contributed by atoms with van der Waals surface area (Å²) in [5, 5.41) is 37.4. The number of carbonyl (C=O) groups excluding carboxylic acids is 1. The second kappa shape index (κ2) is 7.09. The smallest absolute Gasteiger partial charge is 0.310 e. The second-order valence-corrected chi connectivity index (χ2v) is 14.8. The minimum atomic E-state index is -1.94. The van der Waals surface area contributed by atoms with Crippen LogP contribution < -0.4 is 14.4 Å². The van der Waals surface area contributed by atoms with Crippen LogP contribution in [0.4, 0.5) is 5.69 Å². The van der Waals surface area contributed by atoms with Gasteiger partial charge in [-0.1, -0.05) is 11.6 Å². The van der Waals surface area contributed by atoms with Gasteiger partial charge in [0.15, 0.2) is 17.1 Å². The molecule has 1 spiro atoms. The Morgan fingerprint density at radius 2 is 1.88 bits per heavy atom. The number of halogens is 1. The summed E-state index contributed by atoms with van der Waals surface area (Å²) in [4.78, 5) is 14.1. The van der Waals surface area contributed by atoms with E-state index < -0.39 is 33.5 Å². The molecule has 2 bridgehead atoms. The average molecular weight is 538 g/mol. The summed E-state index contributed by atoms with van der Waals surface area (Å²) < 4.78 is 11.7. The van der Waals surface area contributed by atoms with Gasteiger partial charge in [0.05, 0.1) is 24.9 Å². The second-order valence-electron chi connectivity index (χ2n) is 8.07. The summed E-state index contributed by atoms with van der Waals surface area (Å²) in [5.74, 6) is 0.0843. The lowest BCUT2D eigenvalue weighted by Crippen LogP contribution is -2.70. The first-order chi connectivity index (χ1) is 15.0. The minimum Gasteiger partial charge on any atom is -0.622 e. The topological polar surface area (TPSA) is 109 Å². The number of carbonyl (C=O) groups is 1. The third-order valence-corrected chi connectivity index (χ3v) is 14.4. The van der Waals surface area contributed by atoms with E-state index in [0.29, 0.717) is 16.0 Å². The maximum absolute atomic E-state index is 13.9. The number of ether oxygens (including phenoxy) is 2. The lowest BCUT2D eigenvalue weighted by molar-refractivity contribution is -0.506. The summed E-state index contributed by atoms with van der Waals surface area (Å²) in [6.45, 7) is 3.17. The molecule has 1 unspecified atom stereocenters. The highest BCUT2D eigenvalue weighted by molar-refractivity contribution is 9.26. The molecule has 0 saturated carbocycles. The van der Waals surface area contributed by atoms with Crippen molar-refractivity contribution in [1.82, 2.24) is 4.90 Å². The van der Waals surface area contributed by atoms with Gasteiger partial charge in [-0.25, -0.2) is 0 Å². The highest BCUT2D eigenvalue weighted by atomic mass is 35.5. The summed E-state index contributed by atoms with van der Waals surface area (Å²) in [5.41, 5.74) is -0.924. The van der Waals surface area contributed by atoms with E-state index in [1.165, 1.54) is 55.6 Å². The maximum atomic E-state index is 13.9. The van der Waals surface area contributed by atoms with Crippen LogP contribution >= 0.6 is 52.8 Å². The third-order valence-electron chi connectivity index (χ3n) is 6.72. The first kappa shape index (κ1) is 22.9. The Balaban J connectivity index is 1.84. The monoisotopic (exact) mass is 537 g/mol. The number of likely N-dealkylation sites (N-methyl/N-ethyl adjacent to an activating group) is 1. The number of anilines is 1. The Morgan fingerprint density at radius 1 is 1.25 bits per heavy atom. The van der Waals surface area contributed by atoms with Gasteiger partial charge in [0.2, 0.25) is 10.6 Å². The van der Waals surface area contributed by atoms with E-state index >= 15 is 0 Å². The van der Waals surface area contributed by atoms with Gasteiger partial charge in [-0.05, 0) is 36.5 Å². The van der Waals surface area contributed by atoms with Gasteiger partial charge in [0, 0.05) is 37.3 Å². The first-order valence-electron chi connectivity index (χ1n) is 9.47. The fourth-order valence-electron chi connectivity index (χ4n) is 5.23. The normalized spacial score (nSPS) is 37.8. The molecule has 9 nitrogen and oxygen atoms in total. The van der Waals surface area contributed by atoms with E-state index in [0.717, 1.165) is 10.8 Å². The zero-order valence-electron chi connectivity index (χ0n) is 17.6. The van der Waals surface area contributed by atoms with Crippen molar-refractivity contribution in [2.75, 3.05) is 26.2 Å². The van der Waals surface area contributed by atoms with E-state index in [1.807, 2.05) is 0 Å². The molecule has 0 aromatic heterocycles. The molecule has 174 valence electrons. The standard InChI is InChI=1S/C18H20ClN3O6S4/c1-7-18-13(23)17(25)8-6-9(19)11(27-4)12(28-5)10(8)20(3)14(17)21(18)15(24)16(2,22(7)26)29-31-32-30-18/h6,13-14,23,25H,1-5H3/t13-,14-,16-,17-,18?/m1/s1. The number of hydrogen-bond donors (Lipinski definition) is 2. The van der Waals surface area contributed by atoms with Crippen LogP contribution in [0.2, 0.25) is 5.02 Å². The van der Waals surface area contributed by atoms with Crippen molar-refractivity contribution in [3.05, 3.63) is 21.9 Å². The summed E-state index contributed by atoms with van der Waals surface area (Å²) in [6, 6.07) is 1.53. The number of hydroxylamine groups is 1. The Kier molecular flexibility index (Phi) is 5.08. The van der Waals surface area contributed by atoms with Crippen molar-refractivity contribution in [2.45, 2.75) is 41.5 Å². The Morgan fingerprint density at radius 3 is 2.50 bits per heavy atom. The van der Waals surface area contributed by atoms with Crippen LogP contribution in [0.3, 0.4) is 0 Å². The summed E-state index contributed by atoms with van der Waals surface area (Å²) >= 11 is 6.45. The molecule has 2 saturated heterocycles. The molecule has 32 heavy (non-hydrogen) atoms. The van der Waals surface area contributed by atoms with Crippen molar-refractivity contribution in [3.8, 4) is 11.5 Å². The molecule has 0 radical (unpaired) electrons. The minimum absolute atomic E-state index is 0.191. The quantitative estimate of drug-likeness (QED) is 0.330. The van der Waals surface area contributed by atoms with Crippen LogP contribution in [0.1, 0.15) is 19.4 Å². The Bertz CT molecular complexity index is 1090.